The van der Waals surface area contributed by atoms with Crippen LogP contribution in [-0.2, 0) is 16.9 Å². The first-order valence-electron chi connectivity index (χ1n) is 14.6. The summed E-state index contributed by atoms with van der Waals surface area (Å²) in [5.41, 5.74) is 3.43. The van der Waals surface area contributed by atoms with E-state index in [1.807, 2.05) is 47.3 Å². The van der Waals surface area contributed by atoms with Gasteiger partial charge in [-0.1, -0.05) is 18.7 Å². The maximum atomic E-state index is 14.7. The molecule has 3 aliphatic rings. The minimum absolute atomic E-state index is 0.138. The van der Waals surface area contributed by atoms with Crippen molar-refractivity contribution in [2.75, 3.05) is 25.1 Å². The Morgan fingerprint density at radius 3 is 2.52 bits per heavy atom. The third kappa shape index (κ3) is 5.16. The number of anilines is 1. The van der Waals surface area contributed by atoms with E-state index in [1.165, 1.54) is 12.1 Å². The Morgan fingerprint density at radius 2 is 1.84 bits per heavy atom. The Kier molecular flexibility index (Phi) is 7.98. The van der Waals surface area contributed by atoms with Gasteiger partial charge in [0.1, 0.15) is 17.2 Å². The van der Waals surface area contributed by atoms with Crippen molar-refractivity contribution < 1.29 is 27.1 Å². The summed E-state index contributed by atoms with van der Waals surface area (Å²) in [6, 6.07) is 11.5. The zero-order valence-electron chi connectivity index (χ0n) is 24.6. The number of aryl methyl sites for hydroxylation is 1. The SMILES string of the molecule is C=C1/C(=C/c2ccc(N3C=NC(C)C3)c(OC)c2)CCCN1[C@@H](c1cc(F)c(F)c(F)c1)C1(ON)CCc2cc(F)ccc21. The van der Waals surface area contributed by atoms with E-state index in [0.717, 1.165) is 35.5 Å². The molecule has 1 fully saturated rings. The molecule has 3 aromatic carbocycles. The number of halogens is 4. The van der Waals surface area contributed by atoms with Crippen molar-refractivity contribution in [1.29, 1.82) is 0 Å². The summed E-state index contributed by atoms with van der Waals surface area (Å²) in [6.45, 7) is 7.68. The molecule has 0 aromatic heterocycles. The molecule has 2 N–H and O–H groups in total. The lowest BCUT2D eigenvalue weighted by atomic mass is 9.80. The number of nitrogens with zero attached hydrogens (tertiary/aromatic N) is 3. The van der Waals surface area contributed by atoms with Crippen molar-refractivity contribution in [3.63, 3.8) is 0 Å². The molecule has 0 radical (unpaired) electrons. The molecular formula is C34H34F4N4O2. The quantitative estimate of drug-likeness (QED) is 0.179. The second-order valence-corrected chi connectivity index (χ2v) is 11.6. The number of hydrogen-bond donors (Lipinski definition) is 1. The third-order valence-corrected chi connectivity index (χ3v) is 8.91. The van der Waals surface area contributed by atoms with Crippen molar-refractivity contribution in [2.24, 2.45) is 10.9 Å². The summed E-state index contributed by atoms with van der Waals surface area (Å²) in [7, 11) is 1.62. The van der Waals surface area contributed by atoms with Crippen LogP contribution in [0.5, 0.6) is 5.75 Å². The van der Waals surface area contributed by atoms with Gasteiger partial charge in [-0.2, -0.15) is 0 Å². The summed E-state index contributed by atoms with van der Waals surface area (Å²) in [6.07, 6.45) is 5.97. The van der Waals surface area contributed by atoms with Crippen molar-refractivity contribution in [3.8, 4) is 5.75 Å². The van der Waals surface area contributed by atoms with Crippen molar-refractivity contribution in [2.45, 2.75) is 50.3 Å². The zero-order valence-corrected chi connectivity index (χ0v) is 24.6. The number of fused-ring (bicyclic) bond motifs is 1. The minimum Gasteiger partial charge on any atom is -0.495 e. The first-order chi connectivity index (χ1) is 21.1. The van der Waals surface area contributed by atoms with Crippen molar-refractivity contribution >= 4 is 18.1 Å². The zero-order chi connectivity index (χ0) is 31.2. The van der Waals surface area contributed by atoms with E-state index in [0.29, 0.717) is 54.8 Å². The maximum Gasteiger partial charge on any atom is 0.194 e. The van der Waals surface area contributed by atoms with Crippen LogP contribution < -0.4 is 15.5 Å². The minimum atomic E-state index is -1.56. The van der Waals surface area contributed by atoms with Crippen LogP contribution in [0.15, 0.2) is 71.4 Å². The lowest BCUT2D eigenvalue weighted by Crippen LogP contribution is -2.47. The third-order valence-electron chi connectivity index (χ3n) is 8.91. The first-order valence-corrected chi connectivity index (χ1v) is 14.6. The molecule has 230 valence electrons. The standard InChI is InChI=1S/C34H34F4N4O2/c1-20-18-41(19-40-20)30-9-6-22(14-31(30)43-3)13-23-5-4-12-42(21(23)2)33(25-16-28(36)32(38)29(37)17-25)34(44-39)11-10-24-15-26(35)7-8-27(24)34/h6-9,13-17,19-20,33H,2,4-5,10-12,18,39H2,1,3H3/b23-13+/t20?,33-,34?/m0/s1. The Balaban J connectivity index is 1.41. The molecule has 1 aliphatic carbocycles. The smallest absolute Gasteiger partial charge is 0.194 e. The van der Waals surface area contributed by atoms with E-state index in [9.17, 15) is 17.6 Å². The number of rotatable bonds is 7. The molecule has 10 heteroatoms. The van der Waals surface area contributed by atoms with Gasteiger partial charge in [0.15, 0.2) is 17.5 Å². The molecule has 3 aromatic rings. The fourth-order valence-electron chi connectivity index (χ4n) is 6.84. The molecule has 2 aliphatic heterocycles. The van der Waals surface area contributed by atoms with Gasteiger partial charge < -0.3 is 14.5 Å². The summed E-state index contributed by atoms with van der Waals surface area (Å²) < 4.78 is 63.5. The monoisotopic (exact) mass is 606 g/mol. The van der Waals surface area contributed by atoms with E-state index < -0.39 is 34.9 Å². The highest BCUT2D eigenvalue weighted by Gasteiger charge is 2.51. The van der Waals surface area contributed by atoms with Gasteiger partial charge in [0, 0.05) is 18.8 Å². The number of hydrogen-bond acceptors (Lipinski definition) is 6. The summed E-state index contributed by atoms with van der Waals surface area (Å²) >= 11 is 0. The van der Waals surface area contributed by atoms with E-state index in [1.54, 1.807) is 13.2 Å². The molecule has 3 atom stereocenters. The number of benzene rings is 3. The first kappa shape index (κ1) is 29.9. The molecule has 44 heavy (non-hydrogen) atoms. The van der Waals surface area contributed by atoms with E-state index in [-0.39, 0.29) is 11.6 Å². The second-order valence-electron chi connectivity index (χ2n) is 11.6. The number of ether oxygens (including phenoxy) is 1. The van der Waals surface area contributed by atoms with Gasteiger partial charge in [0.05, 0.1) is 31.2 Å². The highest BCUT2D eigenvalue weighted by atomic mass is 19.2. The Morgan fingerprint density at radius 1 is 1.07 bits per heavy atom. The number of aliphatic imine (C=N–C) groups is 1. The molecule has 2 heterocycles. The van der Waals surface area contributed by atoms with Crippen LogP contribution in [-0.4, -0.2) is 37.5 Å². The number of methoxy groups -OCH3 is 1. The van der Waals surface area contributed by atoms with Crippen LogP contribution in [0.1, 0.15) is 54.5 Å². The molecule has 1 saturated heterocycles. The second kappa shape index (κ2) is 11.7. The molecule has 6 nitrogen and oxygen atoms in total. The lowest BCUT2D eigenvalue weighted by molar-refractivity contribution is -0.108. The summed E-state index contributed by atoms with van der Waals surface area (Å²) in [5, 5.41) is 0. The van der Waals surface area contributed by atoms with Crippen LogP contribution >= 0.6 is 0 Å². The van der Waals surface area contributed by atoms with E-state index >= 15 is 0 Å². The van der Waals surface area contributed by atoms with Gasteiger partial charge in [0.25, 0.3) is 0 Å². The fourth-order valence-corrected chi connectivity index (χ4v) is 6.84. The summed E-state index contributed by atoms with van der Waals surface area (Å²) in [4.78, 5) is 14.2. The largest absolute Gasteiger partial charge is 0.495 e. The normalized spacial score (nSPS) is 23.0. The van der Waals surface area contributed by atoms with Gasteiger partial charge >= 0.3 is 0 Å². The molecular weight excluding hydrogens is 572 g/mol. The van der Waals surface area contributed by atoms with Crippen LogP contribution in [0.3, 0.4) is 0 Å². The molecule has 0 bridgehead atoms. The van der Waals surface area contributed by atoms with Crippen LogP contribution in [0.4, 0.5) is 23.2 Å². The van der Waals surface area contributed by atoms with Gasteiger partial charge in [-0.05, 0) is 103 Å². The molecule has 2 unspecified atom stereocenters. The maximum absolute atomic E-state index is 14.7. The average molecular weight is 607 g/mol. The van der Waals surface area contributed by atoms with E-state index in [4.69, 9.17) is 15.5 Å². The Bertz CT molecular complexity index is 1650. The van der Waals surface area contributed by atoms with Crippen LogP contribution in [0.25, 0.3) is 6.08 Å². The van der Waals surface area contributed by atoms with Crippen molar-refractivity contribution in [3.05, 3.63) is 112 Å². The Hall–Kier alpha value is -4.15. The summed E-state index contributed by atoms with van der Waals surface area (Å²) in [5.74, 6) is 2.11. The van der Waals surface area contributed by atoms with Gasteiger partial charge in [-0.25, -0.2) is 23.5 Å². The van der Waals surface area contributed by atoms with Gasteiger partial charge in [-0.15, -0.1) is 0 Å². The van der Waals surface area contributed by atoms with Gasteiger partial charge in [0.2, 0.25) is 0 Å². The van der Waals surface area contributed by atoms with Crippen molar-refractivity contribution in [1.82, 2.24) is 4.90 Å². The highest BCUT2D eigenvalue weighted by molar-refractivity contribution is 5.85. The average Bonchev–Trinajstić information content (AvgIpc) is 3.61. The predicted octanol–water partition coefficient (Wildman–Crippen LogP) is 6.95. The Labute approximate surface area is 254 Å². The highest BCUT2D eigenvalue weighted by Crippen LogP contribution is 2.52. The topological polar surface area (TPSA) is 63.3 Å². The van der Waals surface area contributed by atoms with Crippen LogP contribution in [0.2, 0.25) is 0 Å². The number of allylic oxidation sites excluding steroid dienone is 1. The predicted molar refractivity (Wildman–Crippen MR) is 162 cm³/mol. The molecule has 0 amide bonds. The van der Waals surface area contributed by atoms with E-state index in [2.05, 4.69) is 11.6 Å². The molecule has 6 rings (SSSR count). The molecule has 0 saturated carbocycles. The fraction of sp³-hybridized carbons (Fsp3) is 0.324. The lowest BCUT2D eigenvalue weighted by Gasteiger charge is -2.47. The van der Waals surface area contributed by atoms with Crippen LogP contribution in [0, 0.1) is 23.3 Å². The number of nitrogens with two attached hydrogens (primary N) is 1. The van der Waals surface area contributed by atoms with Gasteiger partial charge in [-0.3, -0.25) is 9.83 Å². The number of likely N-dealkylation sites (tertiary alicyclic amines) is 1. The molecule has 0 spiro atoms. The number of piperidine rings is 1.